The lowest BCUT2D eigenvalue weighted by Crippen LogP contribution is -2.34. The second-order valence-electron chi connectivity index (χ2n) is 4.78. The SMILES string of the molecule is O=S(=O)(Cc1ccc(F)cc1F)N[C@@H]1C=C[C@H](CO)C1. The molecule has 0 heterocycles. The van der Waals surface area contributed by atoms with E-state index in [1.807, 2.05) is 0 Å². The van der Waals surface area contributed by atoms with Gasteiger partial charge in [-0.3, -0.25) is 0 Å². The van der Waals surface area contributed by atoms with Crippen LogP contribution in [-0.4, -0.2) is 26.2 Å². The summed E-state index contributed by atoms with van der Waals surface area (Å²) in [6, 6.07) is 2.39. The highest BCUT2D eigenvalue weighted by atomic mass is 32.2. The molecule has 20 heavy (non-hydrogen) atoms. The first-order valence-corrected chi connectivity index (χ1v) is 7.78. The minimum Gasteiger partial charge on any atom is -0.396 e. The van der Waals surface area contributed by atoms with Gasteiger partial charge < -0.3 is 5.11 Å². The average Bonchev–Trinajstić information content (AvgIpc) is 2.79. The molecular weight excluding hydrogens is 288 g/mol. The van der Waals surface area contributed by atoms with Crippen LogP contribution in [0.25, 0.3) is 0 Å². The van der Waals surface area contributed by atoms with Crippen LogP contribution in [0.4, 0.5) is 8.78 Å². The average molecular weight is 303 g/mol. The first-order valence-electron chi connectivity index (χ1n) is 6.13. The van der Waals surface area contributed by atoms with E-state index in [1.54, 1.807) is 12.2 Å². The van der Waals surface area contributed by atoms with E-state index in [4.69, 9.17) is 5.11 Å². The fraction of sp³-hybridized carbons (Fsp3) is 0.385. The van der Waals surface area contributed by atoms with Crippen LogP contribution in [0.15, 0.2) is 30.4 Å². The molecule has 1 aliphatic rings. The molecule has 1 aromatic carbocycles. The van der Waals surface area contributed by atoms with Gasteiger partial charge in [0, 0.05) is 30.2 Å². The number of hydrogen-bond acceptors (Lipinski definition) is 3. The van der Waals surface area contributed by atoms with Crippen molar-refractivity contribution in [1.29, 1.82) is 0 Å². The Balaban J connectivity index is 2.03. The van der Waals surface area contributed by atoms with Gasteiger partial charge in [-0.15, -0.1) is 0 Å². The van der Waals surface area contributed by atoms with Crippen molar-refractivity contribution in [2.75, 3.05) is 6.61 Å². The molecule has 1 aromatic rings. The lowest BCUT2D eigenvalue weighted by Gasteiger charge is -2.13. The predicted octanol–water partition coefficient (Wildman–Crippen LogP) is 1.32. The number of aliphatic hydroxyl groups is 1. The van der Waals surface area contributed by atoms with Crippen LogP contribution in [0.5, 0.6) is 0 Å². The van der Waals surface area contributed by atoms with Crippen molar-refractivity contribution in [1.82, 2.24) is 4.72 Å². The second kappa shape index (κ2) is 5.99. The maximum atomic E-state index is 13.4. The second-order valence-corrected chi connectivity index (χ2v) is 6.54. The first-order chi connectivity index (χ1) is 9.39. The number of nitrogens with one attached hydrogen (secondary N) is 1. The minimum absolute atomic E-state index is 0.0404. The molecule has 1 aliphatic carbocycles. The molecule has 0 unspecified atom stereocenters. The van der Waals surface area contributed by atoms with Crippen LogP contribution in [-0.2, 0) is 15.8 Å². The molecule has 2 N–H and O–H groups in total. The van der Waals surface area contributed by atoms with Crippen LogP contribution in [0, 0.1) is 17.6 Å². The molecule has 0 aliphatic heterocycles. The maximum absolute atomic E-state index is 13.4. The highest BCUT2D eigenvalue weighted by Crippen LogP contribution is 2.19. The van der Waals surface area contributed by atoms with E-state index in [0.29, 0.717) is 12.5 Å². The summed E-state index contributed by atoms with van der Waals surface area (Å²) < 4.78 is 52.4. The van der Waals surface area contributed by atoms with Crippen molar-refractivity contribution in [3.63, 3.8) is 0 Å². The largest absolute Gasteiger partial charge is 0.396 e. The van der Waals surface area contributed by atoms with Gasteiger partial charge in [0.2, 0.25) is 10.0 Å². The highest BCUT2D eigenvalue weighted by Gasteiger charge is 2.23. The van der Waals surface area contributed by atoms with E-state index in [9.17, 15) is 17.2 Å². The molecule has 0 saturated carbocycles. The Morgan fingerprint density at radius 2 is 2.05 bits per heavy atom. The first kappa shape index (κ1) is 15.1. The van der Waals surface area contributed by atoms with E-state index in [2.05, 4.69) is 4.72 Å². The lowest BCUT2D eigenvalue weighted by molar-refractivity contribution is 0.248. The Bertz CT molecular complexity index is 616. The van der Waals surface area contributed by atoms with E-state index in [1.165, 1.54) is 0 Å². The minimum atomic E-state index is -3.73. The van der Waals surface area contributed by atoms with E-state index < -0.39 is 33.5 Å². The van der Waals surface area contributed by atoms with Crippen LogP contribution in [0.1, 0.15) is 12.0 Å². The molecular formula is C13H15F2NO3S. The Morgan fingerprint density at radius 3 is 2.65 bits per heavy atom. The van der Waals surface area contributed by atoms with Gasteiger partial charge >= 0.3 is 0 Å². The molecule has 2 rings (SSSR count). The molecule has 0 amide bonds. The topological polar surface area (TPSA) is 66.4 Å². The molecule has 110 valence electrons. The summed E-state index contributed by atoms with van der Waals surface area (Å²) in [5, 5.41) is 8.97. The van der Waals surface area contributed by atoms with Gasteiger partial charge in [-0.05, 0) is 12.5 Å². The van der Waals surface area contributed by atoms with Gasteiger partial charge in [-0.25, -0.2) is 21.9 Å². The lowest BCUT2D eigenvalue weighted by atomic mass is 10.1. The van der Waals surface area contributed by atoms with Crippen molar-refractivity contribution in [3.05, 3.63) is 47.5 Å². The fourth-order valence-corrected chi connectivity index (χ4v) is 3.48. The normalized spacial score (nSPS) is 22.4. The van der Waals surface area contributed by atoms with Crippen LogP contribution < -0.4 is 4.72 Å². The summed E-state index contributed by atoms with van der Waals surface area (Å²) in [7, 11) is -3.73. The number of sulfonamides is 1. The molecule has 2 atom stereocenters. The Labute approximate surface area is 116 Å². The van der Waals surface area contributed by atoms with Gasteiger partial charge in [-0.2, -0.15) is 0 Å². The van der Waals surface area contributed by atoms with Gasteiger partial charge in [0.05, 0.1) is 5.75 Å². The van der Waals surface area contributed by atoms with E-state index >= 15 is 0 Å². The third-order valence-electron chi connectivity index (χ3n) is 3.10. The molecule has 0 fully saturated rings. The number of rotatable bonds is 5. The quantitative estimate of drug-likeness (QED) is 0.806. The molecule has 0 radical (unpaired) electrons. The Hall–Kier alpha value is -1.31. The third kappa shape index (κ3) is 3.84. The summed E-state index contributed by atoms with van der Waals surface area (Å²) in [5.74, 6) is -2.25. The monoisotopic (exact) mass is 303 g/mol. The Morgan fingerprint density at radius 1 is 1.30 bits per heavy atom. The van der Waals surface area contributed by atoms with E-state index in [0.717, 1.165) is 12.1 Å². The third-order valence-corrected chi connectivity index (χ3v) is 4.45. The zero-order valence-electron chi connectivity index (χ0n) is 10.6. The van der Waals surface area contributed by atoms with Gasteiger partial charge in [0.15, 0.2) is 0 Å². The molecule has 4 nitrogen and oxygen atoms in total. The number of benzene rings is 1. The summed E-state index contributed by atoms with van der Waals surface area (Å²) in [5.41, 5.74) is -0.0837. The summed E-state index contributed by atoms with van der Waals surface area (Å²) >= 11 is 0. The van der Waals surface area contributed by atoms with Crippen molar-refractivity contribution < 1.29 is 22.3 Å². The van der Waals surface area contributed by atoms with Crippen molar-refractivity contribution in [2.24, 2.45) is 5.92 Å². The van der Waals surface area contributed by atoms with E-state index in [-0.39, 0.29) is 18.1 Å². The molecule has 0 saturated heterocycles. The smallest absolute Gasteiger partial charge is 0.216 e. The summed E-state index contributed by atoms with van der Waals surface area (Å²) in [4.78, 5) is 0. The zero-order chi connectivity index (χ0) is 14.8. The predicted molar refractivity (Wildman–Crippen MR) is 70.2 cm³/mol. The molecule has 0 bridgehead atoms. The fourth-order valence-electron chi connectivity index (χ4n) is 2.11. The molecule has 7 heteroatoms. The van der Waals surface area contributed by atoms with Crippen LogP contribution in [0.2, 0.25) is 0 Å². The van der Waals surface area contributed by atoms with Gasteiger partial charge in [0.1, 0.15) is 11.6 Å². The van der Waals surface area contributed by atoms with Gasteiger partial charge in [0.25, 0.3) is 0 Å². The van der Waals surface area contributed by atoms with Crippen molar-refractivity contribution in [2.45, 2.75) is 18.2 Å². The zero-order valence-corrected chi connectivity index (χ0v) is 11.4. The molecule has 0 aromatic heterocycles. The van der Waals surface area contributed by atoms with Crippen molar-refractivity contribution >= 4 is 10.0 Å². The maximum Gasteiger partial charge on any atom is 0.216 e. The summed E-state index contributed by atoms with van der Waals surface area (Å²) in [6.45, 7) is -0.0404. The summed E-state index contributed by atoms with van der Waals surface area (Å²) in [6.07, 6.45) is 3.88. The highest BCUT2D eigenvalue weighted by molar-refractivity contribution is 7.88. The number of hydrogen-bond donors (Lipinski definition) is 2. The van der Waals surface area contributed by atoms with Gasteiger partial charge in [-0.1, -0.05) is 18.2 Å². The molecule has 0 spiro atoms. The number of aliphatic hydroxyl groups excluding tert-OH is 1. The Kier molecular flexibility index (Phi) is 4.52. The van der Waals surface area contributed by atoms with Crippen LogP contribution >= 0.6 is 0 Å². The number of halogens is 2. The standard InChI is InChI=1S/C13H15F2NO3S/c14-11-3-2-10(13(15)6-11)8-20(18,19)16-12-4-1-9(5-12)7-17/h1-4,6,9,12,16-17H,5,7-8H2/t9-,12+/m0/s1. The van der Waals surface area contributed by atoms with Crippen molar-refractivity contribution in [3.8, 4) is 0 Å². The van der Waals surface area contributed by atoms with Crippen LogP contribution in [0.3, 0.4) is 0 Å².